The fourth-order valence-electron chi connectivity index (χ4n) is 4.02. The van der Waals surface area contributed by atoms with Gasteiger partial charge in [0.2, 0.25) is 0 Å². The van der Waals surface area contributed by atoms with Gasteiger partial charge >= 0.3 is 0 Å². The number of likely N-dealkylation sites (tertiary alicyclic amines) is 2. The molecule has 0 atom stereocenters. The molecule has 2 heterocycles. The van der Waals surface area contributed by atoms with Gasteiger partial charge in [0.15, 0.2) is 5.96 Å². The summed E-state index contributed by atoms with van der Waals surface area (Å²) in [6.07, 6.45) is 5.74. The molecule has 1 aromatic carbocycles. The van der Waals surface area contributed by atoms with Gasteiger partial charge in [-0.05, 0) is 49.9 Å². The molecule has 2 aliphatic rings. The lowest BCUT2D eigenvalue weighted by Gasteiger charge is -2.29. The van der Waals surface area contributed by atoms with Crippen molar-refractivity contribution >= 4 is 29.9 Å². The molecule has 29 heavy (non-hydrogen) atoms. The van der Waals surface area contributed by atoms with Gasteiger partial charge in [-0.1, -0.05) is 30.7 Å². The van der Waals surface area contributed by atoms with Crippen LogP contribution in [0.1, 0.15) is 43.2 Å². The third-order valence-electron chi connectivity index (χ3n) is 5.84. The van der Waals surface area contributed by atoms with Crippen molar-refractivity contribution < 1.29 is 5.11 Å². The van der Waals surface area contributed by atoms with Gasteiger partial charge in [-0.3, -0.25) is 9.89 Å². The molecular formula is C22H38IN5O. The number of aliphatic hydroxyl groups is 1. The molecule has 1 aromatic rings. The second kappa shape index (κ2) is 13.4. The SMILES string of the molecule is CN=C(NCCN1CCCCC1)NCc1ccc(CN2CCC(O)CC2)cc1.I. The fraction of sp³-hybridized carbons (Fsp3) is 0.682. The van der Waals surface area contributed by atoms with Gasteiger partial charge in [0.25, 0.3) is 0 Å². The third-order valence-corrected chi connectivity index (χ3v) is 5.84. The summed E-state index contributed by atoms with van der Waals surface area (Å²) in [5.41, 5.74) is 2.60. The van der Waals surface area contributed by atoms with Crippen molar-refractivity contribution in [3.8, 4) is 0 Å². The van der Waals surface area contributed by atoms with E-state index in [4.69, 9.17) is 0 Å². The average molecular weight is 515 g/mol. The fourth-order valence-corrected chi connectivity index (χ4v) is 4.02. The van der Waals surface area contributed by atoms with Crippen LogP contribution in [0.5, 0.6) is 0 Å². The van der Waals surface area contributed by atoms with Gasteiger partial charge in [0, 0.05) is 46.3 Å². The second-order valence-electron chi connectivity index (χ2n) is 8.08. The van der Waals surface area contributed by atoms with Crippen LogP contribution in [-0.4, -0.2) is 73.3 Å². The van der Waals surface area contributed by atoms with Gasteiger partial charge in [-0.25, -0.2) is 0 Å². The van der Waals surface area contributed by atoms with Crippen molar-refractivity contribution in [2.45, 2.75) is 51.3 Å². The standard InChI is InChI=1S/C22H37N5O.HI/c1-23-22(24-11-16-26-12-3-2-4-13-26)25-17-19-5-7-20(8-6-19)18-27-14-9-21(28)10-15-27;/h5-8,21,28H,2-4,9-18H2,1H3,(H2,23,24,25);1H. The van der Waals surface area contributed by atoms with E-state index >= 15 is 0 Å². The van der Waals surface area contributed by atoms with Crippen LogP contribution in [0.25, 0.3) is 0 Å². The second-order valence-corrected chi connectivity index (χ2v) is 8.08. The van der Waals surface area contributed by atoms with Crippen molar-refractivity contribution in [3.63, 3.8) is 0 Å². The van der Waals surface area contributed by atoms with Crippen molar-refractivity contribution in [1.82, 2.24) is 20.4 Å². The number of aliphatic imine (C=N–C) groups is 1. The molecule has 0 aromatic heterocycles. The summed E-state index contributed by atoms with van der Waals surface area (Å²) in [7, 11) is 1.83. The maximum absolute atomic E-state index is 9.62. The number of nitrogens with one attached hydrogen (secondary N) is 2. The molecule has 0 aliphatic carbocycles. The van der Waals surface area contributed by atoms with Gasteiger partial charge in [-0.2, -0.15) is 0 Å². The van der Waals surface area contributed by atoms with E-state index in [9.17, 15) is 5.11 Å². The molecule has 2 fully saturated rings. The predicted molar refractivity (Wildman–Crippen MR) is 131 cm³/mol. The maximum atomic E-state index is 9.62. The quantitative estimate of drug-likeness (QED) is 0.296. The molecule has 7 heteroatoms. The van der Waals surface area contributed by atoms with Gasteiger partial charge < -0.3 is 20.6 Å². The highest BCUT2D eigenvalue weighted by atomic mass is 127. The number of hydrogen-bond donors (Lipinski definition) is 3. The molecule has 2 aliphatic heterocycles. The van der Waals surface area contributed by atoms with Crippen LogP contribution in [0.2, 0.25) is 0 Å². The Hall–Kier alpha value is -0.900. The lowest BCUT2D eigenvalue weighted by molar-refractivity contribution is 0.0792. The minimum absolute atomic E-state index is 0. The minimum Gasteiger partial charge on any atom is -0.393 e. The van der Waals surface area contributed by atoms with Crippen molar-refractivity contribution in [1.29, 1.82) is 0 Å². The van der Waals surface area contributed by atoms with E-state index in [0.717, 1.165) is 58.1 Å². The Labute approximate surface area is 193 Å². The highest BCUT2D eigenvalue weighted by molar-refractivity contribution is 14.0. The summed E-state index contributed by atoms with van der Waals surface area (Å²) in [5, 5.41) is 16.5. The largest absolute Gasteiger partial charge is 0.393 e. The summed E-state index contributed by atoms with van der Waals surface area (Å²) in [6.45, 7) is 8.22. The molecule has 0 bridgehead atoms. The van der Waals surface area contributed by atoms with Crippen LogP contribution in [0.15, 0.2) is 29.3 Å². The zero-order valence-electron chi connectivity index (χ0n) is 17.8. The number of piperidine rings is 2. The van der Waals surface area contributed by atoms with Crippen molar-refractivity contribution in [3.05, 3.63) is 35.4 Å². The number of hydrogen-bond acceptors (Lipinski definition) is 4. The molecule has 0 spiro atoms. The number of benzene rings is 1. The molecule has 0 amide bonds. The van der Waals surface area contributed by atoms with Crippen LogP contribution in [0.3, 0.4) is 0 Å². The molecular weight excluding hydrogens is 477 g/mol. The number of aliphatic hydroxyl groups excluding tert-OH is 1. The molecule has 6 nitrogen and oxygen atoms in total. The maximum Gasteiger partial charge on any atom is 0.191 e. The van der Waals surface area contributed by atoms with Crippen LogP contribution in [0, 0.1) is 0 Å². The Balaban J connectivity index is 0.00000300. The third kappa shape index (κ3) is 8.78. The van der Waals surface area contributed by atoms with E-state index < -0.39 is 0 Å². The number of rotatable bonds is 7. The summed E-state index contributed by atoms with van der Waals surface area (Å²) in [4.78, 5) is 9.29. The molecule has 0 radical (unpaired) electrons. The van der Waals surface area contributed by atoms with E-state index in [1.807, 2.05) is 7.05 Å². The molecule has 0 saturated carbocycles. The molecule has 2 saturated heterocycles. The smallest absolute Gasteiger partial charge is 0.191 e. The highest BCUT2D eigenvalue weighted by Crippen LogP contribution is 2.14. The first-order chi connectivity index (χ1) is 13.7. The number of nitrogens with zero attached hydrogens (tertiary/aromatic N) is 3. The Morgan fingerprint density at radius 1 is 0.966 bits per heavy atom. The van der Waals surface area contributed by atoms with E-state index in [1.54, 1.807) is 0 Å². The zero-order chi connectivity index (χ0) is 19.6. The van der Waals surface area contributed by atoms with E-state index in [0.29, 0.717) is 0 Å². The molecule has 3 N–H and O–H groups in total. The molecule has 0 unspecified atom stereocenters. The van der Waals surface area contributed by atoms with Gasteiger partial charge in [0.1, 0.15) is 0 Å². The first-order valence-corrected chi connectivity index (χ1v) is 10.9. The minimum atomic E-state index is -0.104. The molecule has 164 valence electrons. The van der Waals surface area contributed by atoms with Crippen LogP contribution in [0.4, 0.5) is 0 Å². The Morgan fingerprint density at radius 3 is 2.28 bits per heavy atom. The first kappa shape index (κ1) is 24.4. The number of guanidine groups is 1. The Bertz CT molecular complexity index is 596. The van der Waals surface area contributed by atoms with E-state index in [2.05, 4.69) is 49.7 Å². The lowest BCUT2D eigenvalue weighted by atomic mass is 10.1. The first-order valence-electron chi connectivity index (χ1n) is 10.9. The predicted octanol–water partition coefficient (Wildman–Crippen LogP) is 2.41. The molecule has 3 rings (SSSR count). The lowest BCUT2D eigenvalue weighted by Crippen LogP contribution is -2.42. The van der Waals surface area contributed by atoms with E-state index in [-0.39, 0.29) is 30.1 Å². The van der Waals surface area contributed by atoms with Gasteiger partial charge in [0.05, 0.1) is 6.10 Å². The normalized spacial score (nSPS) is 19.6. The monoisotopic (exact) mass is 515 g/mol. The zero-order valence-corrected chi connectivity index (χ0v) is 20.1. The highest BCUT2D eigenvalue weighted by Gasteiger charge is 2.16. The summed E-state index contributed by atoms with van der Waals surface area (Å²) in [6, 6.07) is 8.83. The van der Waals surface area contributed by atoms with Crippen molar-refractivity contribution in [2.24, 2.45) is 4.99 Å². The average Bonchev–Trinajstić information content (AvgIpc) is 2.74. The number of halogens is 1. The van der Waals surface area contributed by atoms with Crippen LogP contribution >= 0.6 is 24.0 Å². The Kier molecular flexibility index (Phi) is 11.3. The Morgan fingerprint density at radius 2 is 1.62 bits per heavy atom. The van der Waals surface area contributed by atoms with E-state index in [1.165, 1.54) is 43.5 Å². The van der Waals surface area contributed by atoms with Crippen LogP contribution in [-0.2, 0) is 13.1 Å². The summed E-state index contributed by atoms with van der Waals surface area (Å²) < 4.78 is 0. The van der Waals surface area contributed by atoms with Gasteiger partial charge in [-0.15, -0.1) is 24.0 Å². The van der Waals surface area contributed by atoms with Crippen molar-refractivity contribution in [2.75, 3.05) is 46.3 Å². The summed E-state index contributed by atoms with van der Waals surface area (Å²) in [5.74, 6) is 0.868. The van der Waals surface area contributed by atoms with Crippen LogP contribution < -0.4 is 10.6 Å². The summed E-state index contributed by atoms with van der Waals surface area (Å²) >= 11 is 0. The topological polar surface area (TPSA) is 63.1 Å².